The Labute approximate surface area is 191 Å². The van der Waals surface area contributed by atoms with Crippen molar-refractivity contribution in [2.75, 3.05) is 0 Å². The second-order valence-electron chi connectivity index (χ2n) is 12.7. The molecule has 0 unspecified atom stereocenters. The van der Waals surface area contributed by atoms with Crippen molar-refractivity contribution in [2.24, 2.45) is 52.3 Å². The number of Topliss-reactive ketones (excluding diaryl/α,β-unsaturated/α-hetero) is 1. The summed E-state index contributed by atoms with van der Waals surface area (Å²) in [7, 11) is 0. The second kappa shape index (κ2) is 8.38. The average molecular weight is 427 g/mol. The minimum atomic E-state index is 0.143. The normalized spacial score (nSPS) is 43.3. The number of carbonyl (C=O) groups excluding carboxylic acids is 1. The largest absolute Gasteiger partial charge is 0.515 e. The van der Waals surface area contributed by atoms with Crippen LogP contribution >= 0.6 is 0 Å². The van der Waals surface area contributed by atoms with Crippen molar-refractivity contribution in [1.29, 1.82) is 0 Å². The fourth-order valence-electron chi connectivity index (χ4n) is 8.42. The molecule has 4 aliphatic rings. The van der Waals surface area contributed by atoms with E-state index in [-0.39, 0.29) is 11.2 Å². The van der Waals surface area contributed by atoms with Crippen LogP contribution in [0, 0.1) is 52.3 Å². The molecule has 3 saturated carbocycles. The maximum absolute atomic E-state index is 12.4. The summed E-state index contributed by atoms with van der Waals surface area (Å²) in [4.78, 5) is 12.4. The van der Waals surface area contributed by atoms with E-state index >= 15 is 0 Å². The molecule has 0 saturated heterocycles. The quantitative estimate of drug-likeness (QED) is 0.275. The van der Waals surface area contributed by atoms with Crippen LogP contribution in [0.3, 0.4) is 0 Å². The Morgan fingerprint density at radius 1 is 1.06 bits per heavy atom. The van der Waals surface area contributed by atoms with E-state index in [2.05, 4.69) is 47.6 Å². The summed E-state index contributed by atoms with van der Waals surface area (Å²) < 4.78 is 0. The number of ketones is 1. The fourth-order valence-corrected chi connectivity index (χ4v) is 8.42. The number of hydrogen-bond donors (Lipinski definition) is 1. The summed E-state index contributed by atoms with van der Waals surface area (Å²) in [6.45, 7) is 14.7. The average Bonchev–Trinajstić information content (AvgIpc) is 3.09. The van der Waals surface area contributed by atoms with Gasteiger partial charge in [0.25, 0.3) is 0 Å². The zero-order valence-corrected chi connectivity index (χ0v) is 20.9. The minimum absolute atomic E-state index is 0.143. The number of allylic oxidation sites excluding steroid dienone is 3. The molecule has 0 aromatic carbocycles. The summed E-state index contributed by atoms with van der Waals surface area (Å²) >= 11 is 0. The predicted octanol–water partition coefficient (Wildman–Crippen LogP) is 7.89. The topological polar surface area (TPSA) is 37.3 Å². The minimum Gasteiger partial charge on any atom is -0.515 e. The van der Waals surface area contributed by atoms with E-state index in [0.29, 0.717) is 29.2 Å². The van der Waals surface area contributed by atoms with E-state index in [1.807, 2.05) is 0 Å². The smallest absolute Gasteiger partial charge is 0.162 e. The Kier molecular flexibility index (Phi) is 6.25. The number of aliphatic hydroxyl groups excluding tert-OH is 1. The second-order valence-corrected chi connectivity index (χ2v) is 12.7. The van der Waals surface area contributed by atoms with E-state index in [1.54, 1.807) is 5.57 Å². The third kappa shape index (κ3) is 3.74. The van der Waals surface area contributed by atoms with Gasteiger partial charge in [0.15, 0.2) is 5.78 Å². The molecule has 4 rings (SSSR count). The van der Waals surface area contributed by atoms with Gasteiger partial charge in [-0.05, 0) is 90.8 Å². The fraction of sp³-hybridized carbons (Fsp3) is 0.828. The highest BCUT2D eigenvalue weighted by molar-refractivity contribution is 5.96. The van der Waals surface area contributed by atoms with E-state index in [9.17, 15) is 9.90 Å². The van der Waals surface area contributed by atoms with Gasteiger partial charge in [0.05, 0.1) is 6.26 Å². The van der Waals surface area contributed by atoms with Crippen molar-refractivity contribution in [3.05, 3.63) is 23.5 Å². The van der Waals surface area contributed by atoms with Gasteiger partial charge in [0.1, 0.15) is 0 Å². The summed E-state index contributed by atoms with van der Waals surface area (Å²) in [5.41, 5.74) is 3.01. The van der Waals surface area contributed by atoms with Gasteiger partial charge in [-0.15, -0.1) is 0 Å². The van der Waals surface area contributed by atoms with Gasteiger partial charge < -0.3 is 5.11 Å². The Bertz CT molecular complexity index is 761. The van der Waals surface area contributed by atoms with Crippen molar-refractivity contribution in [3.8, 4) is 0 Å². The van der Waals surface area contributed by atoms with Gasteiger partial charge in [-0.2, -0.15) is 0 Å². The third-order valence-corrected chi connectivity index (χ3v) is 11.0. The summed E-state index contributed by atoms with van der Waals surface area (Å²) in [5.74, 6) is 5.24. The molecule has 174 valence electrons. The van der Waals surface area contributed by atoms with Gasteiger partial charge in [-0.1, -0.05) is 66.0 Å². The van der Waals surface area contributed by atoms with Crippen LogP contribution in [0.15, 0.2) is 23.5 Å². The molecule has 0 spiro atoms. The number of carbonyl (C=O) groups is 1. The van der Waals surface area contributed by atoms with E-state index in [4.69, 9.17) is 0 Å². The maximum atomic E-state index is 12.4. The van der Waals surface area contributed by atoms with Crippen molar-refractivity contribution in [3.63, 3.8) is 0 Å². The monoisotopic (exact) mass is 426 g/mol. The SMILES string of the molecule is CC(C)[C@@H](C)CC[C@@H](C)[C@@H]1CC[C@@H]2C3=CC[C@H]4CC(=O)/C(=C\O)C[C@]4(C)[C@H]3CC[C@@]21C. The molecule has 2 nitrogen and oxygen atoms in total. The lowest BCUT2D eigenvalue weighted by Gasteiger charge is -2.57. The van der Waals surface area contributed by atoms with Crippen LogP contribution in [-0.2, 0) is 4.79 Å². The van der Waals surface area contributed by atoms with Crippen LogP contribution in [0.2, 0.25) is 0 Å². The number of rotatable bonds is 5. The number of hydrogen-bond acceptors (Lipinski definition) is 2. The molecule has 31 heavy (non-hydrogen) atoms. The zero-order chi connectivity index (χ0) is 22.6. The molecule has 1 N–H and O–H groups in total. The highest BCUT2D eigenvalue weighted by Gasteiger charge is 2.58. The van der Waals surface area contributed by atoms with Crippen LogP contribution in [0.5, 0.6) is 0 Å². The van der Waals surface area contributed by atoms with E-state index < -0.39 is 0 Å². The van der Waals surface area contributed by atoms with E-state index in [0.717, 1.165) is 48.7 Å². The highest BCUT2D eigenvalue weighted by atomic mass is 16.2. The lowest BCUT2D eigenvalue weighted by atomic mass is 9.47. The lowest BCUT2D eigenvalue weighted by Crippen LogP contribution is -2.49. The van der Waals surface area contributed by atoms with Crippen LogP contribution < -0.4 is 0 Å². The van der Waals surface area contributed by atoms with Gasteiger partial charge in [0, 0.05) is 12.0 Å². The van der Waals surface area contributed by atoms with Gasteiger partial charge in [-0.25, -0.2) is 0 Å². The molecule has 3 fully saturated rings. The summed E-state index contributed by atoms with van der Waals surface area (Å²) in [6, 6.07) is 0. The Balaban J connectivity index is 1.53. The molecule has 0 aromatic heterocycles. The molecule has 0 radical (unpaired) electrons. The molecule has 0 amide bonds. The van der Waals surface area contributed by atoms with Crippen LogP contribution in [0.25, 0.3) is 0 Å². The Morgan fingerprint density at radius 3 is 2.45 bits per heavy atom. The first kappa shape index (κ1) is 23.1. The standard InChI is InChI=1S/C29H46O2/c1-18(2)19(3)7-8-20(4)24-11-12-25-23-10-9-22-15-27(31)21(17-30)16-29(22,6)26(23)13-14-28(24,25)5/h10,17-20,22,24-26,30H,7-9,11-16H2,1-6H3/b21-17-/t19-,20+,22-,24-,25+,26-,28+,29-/m0/s1. The molecule has 8 atom stereocenters. The maximum Gasteiger partial charge on any atom is 0.162 e. The van der Waals surface area contributed by atoms with Crippen molar-refractivity contribution < 1.29 is 9.90 Å². The first-order chi connectivity index (χ1) is 14.6. The van der Waals surface area contributed by atoms with Gasteiger partial charge in [-0.3, -0.25) is 4.79 Å². The molecule has 0 heterocycles. The Morgan fingerprint density at radius 2 is 1.77 bits per heavy atom. The van der Waals surface area contributed by atoms with Crippen molar-refractivity contribution in [1.82, 2.24) is 0 Å². The molecular weight excluding hydrogens is 380 g/mol. The summed E-state index contributed by atoms with van der Waals surface area (Å²) in [5, 5.41) is 9.68. The number of aliphatic hydroxyl groups is 1. The number of fused-ring (bicyclic) bond motifs is 5. The highest BCUT2D eigenvalue weighted by Crippen LogP contribution is 2.67. The van der Waals surface area contributed by atoms with Gasteiger partial charge in [0.2, 0.25) is 0 Å². The molecule has 2 heteroatoms. The third-order valence-electron chi connectivity index (χ3n) is 11.0. The first-order valence-corrected chi connectivity index (χ1v) is 13.2. The van der Waals surface area contributed by atoms with Crippen molar-refractivity contribution >= 4 is 5.78 Å². The molecular formula is C29H46O2. The molecule has 0 aromatic rings. The van der Waals surface area contributed by atoms with E-state index in [1.165, 1.54) is 38.5 Å². The summed E-state index contributed by atoms with van der Waals surface area (Å²) in [6.07, 6.45) is 14.2. The van der Waals surface area contributed by atoms with Crippen molar-refractivity contribution in [2.45, 2.75) is 99.3 Å². The predicted molar refractivity (Wildman–Crippen MR) is 129 cm³/mol. The van der Waals surface area contributed by atoms with Crippen LogP contribution in [0.4, 0.5) is 0 Å². The lowest BCUT2D eigenvalue weighted by molar-refractivity contribution is -0.121. The molecule has 0 bridgehead atoms. The molecule has 0 aliphatic heterocycles. The first-order valence-electron chi connectivity index (χ1n) is 13.2. The zero-order valence-electron chi connectivity index (χ0n) is 20.9. The Hall–Kier alpha value is -1.05. The van der Waals surface area contributed by atoms with Crippen LogP contribution in [0.1, 0.15) is 99.3 Å². The molecule has 4 aliphatic carbocycles. The van der Waals surface area contributed by atoms with Gasteiger partial charge >= 0.3 is 0 Å². The van der Waals surface area contributed by atoms with Crippen LogP contribution in [-0.4, -0.2) is 10.9 Å².